The van der Waals surface area contributed by atoms with E-state index in [0.29, 0.717) is 0 Å². The molecule has 1 heteroatoms. The largest absolute Gasteiger partial charge is 0.388 e. The average Bonchev–Trinajstić information content (AvgIpc) is 2.47. The van der Waals surface area contributed by atoms with E-state index in [-0.39, 0.29) is 11.5 Å². The highest BCUT2D eigenvalue weighted by atomic mass is 16.3. The van der Waals surface area contributed by atoms with Gasteiger partial charge in [-0.2, -0.15) is 0 Å². The monoisotopic (exact) mass is 282 g/mol. The normalized spacial score (nSPS) is 13.1. The average molecular weight is 282 g/mol. The Bertz CT molecular complexity index is 552. The molecule has 1 atom stereocenters. The van der Waals surface area contributed by atoms with Gasteiger partial charge in [-0.25, -0.2) is 0 Å². The summed E-state index contributed by atoms with van der Waals surface area (Å²) in [6.45, 7) is 6.59. The molecule has 1 unspecified atom stereocenters. The second-order valence-corrected chi connectivity index (χ2v) is 6.73. The lowest BCUT2D eigenvalue weighted by Crippen LogP contribution is -2.16. The first kappa shape index (κ1) is 15.8. The van der Waals surface area contributed by atoms with Gasteiger partial charge in [0.2, 0.25) is 0 Å². The minimum Gasteiger partial charge on any atom is -0.388 e. The second kappa shape index (κ2) is 6.91. The van der Waals surface area contributed by atoms with Crippen LogP contribution >= 0.6 is 0 Å². The van der Waals surface area contributed by atoms with Crippen LogP contribution in [0.5, 0.6) is 0 Å². The maximum Gasteiger partial charge on any atom is 0.0793 e. The Morgan fingerprint density at radius 2 is 1.52 bits per heavy atom. The zero-order chi connectivity index (χ0) is 15.3. The number of aryl methyl sites for hydroxylation is 1. The first-order valence-corrected chi connectivity index (χ1v) is 7.80. The maximum atomic E-state index is 10.5. The fourth-order valence-corrected chi connectivity index (χ4v) is 2.77. The molecule has 2 aromatic rings. The van der Waals surface area contributed by atoms with Crippen LogP contribution in [0.25, 0.3) is 0 Å². The van der Waals surface area contributed by atoms with Crippen LogP contribution in [0.4, 0.5) is 0 Å². The maximum absolute atomic E-state index is 10.5. The predicted molar refractivity (Wildman–Crippen MR) is 89.5 cm³/mol. The Balaban J connectivity index is 1.99. The van der Waals surface area contributed by atoms with Crippen LogP contribution in [-0.2, 0) is 11.8 Å². The summed E-state index contributed by atoms with van der Waals surface area (Å²) in [6, 6.07) is 18.7. The molecule has 0 radical (unpaired) electrons. The summed E-state index contributed by atoms with van der Waals surface area (Å²) < 4.78 is 0. The molecule has 21 heavy (non-hydrogen) atoms. The SMILES string of the molecule is CC(C)(C)c1ccccc1C(O)CCCc1ccccc1. The van der Waals surface area contributed by atoms with Crippen molar-refractivity contribution < 1.29 is 5.11 Å². The molecular formula is C20H26O. The number of aliphatic hydroxyl groups excluding tert-OH is 1. The van der Waals surface area contributed by atoms with Crippen molar-refractivity contribution in [2.24, 2.45) is 0 Å². The minimum absolute atomic E-state index is 0.0665. The first-order valence-electron chi connectivity index (χ1n) is 7.80. The number of hydrogen-bond donors (Lipinski definition) is 1. The summed E-state index contributed by atoms with van der Waals surface area (Å²) in [5, 5.41) is 10.5. The number of rotatable bonds is 5. The van der Waals surface area contributed by atoms with Gasteiger partial charge in [0.15, 0.2) is 0 Å². The van der Waals surface area contributed by atoms with Crippen molar-refractivity contribution in [2.75, 3.05) is 0 Å². The van der Waals surface area contributed by atoms with Gasteiger partial charge < -0.3 is 5.11 Å². The van der Waals surface area contributed by atoms with Crippen molar-refractivity contribution in [3.63, 3.8) is 0 Å². The van der Waals surface area contributed by atoms with Crippen molar-refractivity contribution in [2.45, 2.75) is 51.6 Å². The molecule has 2 aromatic carbocycles. The van der Waals surface area contributed by atoms with Crippen LogP contribution in [0.2, 0.25) is 0 Å². The lowest BCUT2D eigenvalue weighted by molar-refractivity contribution is 0.162. The number of hydrogen-bond acceptors (Lipinski definition) is 1. The molecule has 0 bridgehead atoms. The van der Waals surface area contributed by atoms with E-state index in [2.05, 4.69) is 63.2 Å². The highest BCUT2D eigenvalue weighted by Gasteiger charge is 2.20. The van der Waals surface area contributed by atoms with Crippen molar-refractivity contribution in [3.8, 4) is 0 Å². The smallest absolute Gasteiger partial charge is 0.0793 e. The van der Waals surface area contributed by atoms with E-state index < -0.39 is 0 Å². The summed E-state index contributed by atoms with van der Waals surface area (Å²) in [6.07, 6.45) is 2.46. The van der Waals surface area contributed by atoms with E-state index in [4.69, 9.17) is 0 Å². The van der Waals surface area contributed by atoms with Crippen molar-refractivity contribution in [3.05, 3.63) is 71.3 Å². The Kier molecular flexibility index (Phi) is 5.19. The number of aliphatic hydroxyl groups is 1. The van der Waals surface area contributed by atoms with Crippen LogP contribution < -0.4 is 0 Å². The standard InChI is InChI=1S/C20H26O/c1-20(2,3)18-14-8-7-13-17(18)19(21)15-9-12-16-10-5-4-6-11-16/h4-8,10-11,13-14,19,21H,9,12,15H2,1-3H3. The van der Waals surface area contributed by atoms with Crippen LogP contribution in [0.15, 0.2) is 54.6 Å². The molecule has 0 fully saturated rings. The zero-order valence-corrected chi connectivity index (χ0v) is 13.3. The molecule has 0 aliphatic carbocycles. The molecule has 0 saturated heterocycles. The zero-order valence-electron chi connectivity index (χ0n) is 13.3. The molecule has 0 aromatic heterocycles. The first-order chi connectivity index (χ1) is 9.98. The molecule has 2 rings (SSSR count). The van der Waals surface area contributed by atoms with Crippen molar-refractivity contribution in [1.29, 1.82) is 0 Å². The minimum atomic E-state index is -0.371. The molecule has 1 nitrogen and oxygen atoms in total. The summed E-state index contributed by atoms with van der Waals surface area (Å²) in [7, 11) is 0. The molecule has 0 aliphatic heterocycles. The molecule has 1 N–H and O–H groups in total. The van der Waals surface area contributed by atoms with Crippen LogP contribution in [-0.4, -0.2) is 5.11 Å². The Morgan fingerprint density at radius 3 is 2.19 bits per heavy atom. The van der Waals surface area contributed by atoms with Gasteiger partial charge >= 0.3 is 0 Å². The quantitative estimate of drug-likeness (QED) is 0.814. The van der Waals surface area contributed by atoms with Gasteiger partial charge in [-0.3, -0.25) is 0 Å². The van der Waals surface area contributed by atoms with Crippen LogP contribution in [0, 0.1) is 0 Å². The van der Waals surface area contributed by atoms with E-state index in [1.807, 2.05) is 12.1 Å². The second-order valence-electron chi connectivity index (χ2n) is 6.73. The Morgan fingerprint density at radius 1 is 0.905 bits per heavy atom. The molecule has 0 spiro atoms. The summed E-state index contributed by atoms with van der Waals surface area (Å²) in [4.78, 5) is 0. The Labute approximate surface area is 128 Å². The van der Waals surface area contributed by atoms with E-state index in [0.717, 1.165) is 24.8 Å². The van der Waals surface area contributed by atoms with E-state index in [1.54, 1.807) is 0 Å². The van der Waals surface area contributed by atoms with Gasteiger partial charge in [0.05, 0.1) is 6.10 Å². The predicted octanol–water partition coefficient (Wildman–Crippen LogP) is 5.04. The van der Waals surface area contributed by atoms with Crippen LogP contribution in [0.3, 0.4) is 0 Å². The third-order valence-electron chi connectivity index (χ3n) is 3.91. The molecule has 0 aliphatic rings. The lowest BCUT2D eigenvalue weighted by Gasteiger charge is -2.25. The summed E-state index contributed by atoms with van der Waals surface area (Å²) in [5.41, 5.74) is 3.74. The highest BCUT2D eigenvalue weighted by Crippen LogP contribution is 2.31. The molecule has 0 heterocycles. The lowest BCUT2D eigenvalue weighted by atomic mass is 9.81. The van der Waals surface area contributed by atoms with Gasteiger partial charge in [0, 0.05) is 0 Å². The van der Waals surface area contributed by atoms with Gasteiger partial charge in [0.1, 0.15) is 0 Å². The highest BCUT2D eigenvalue weighted by molar-refractivity contribution is 5.34. The van der Waals surface area contributed by atoms with E-state index in [9.17, 15) is 5.11 Å². The molecule has 0 amide bonds. The van der Waals surface area contributed by atoms with Crippen molar-refractivity contribution in [1.82, 2.24) is 0 Å². The number of benzene rings is 2. The van der Waals surface area contributed by atoms with E-state index in [1.165, 1.54) is 11.1 Å². The van der Waals surface area contributed by atoms with Crippen LogP contribution in [0.1, 0.15) is 56.4 Å². The topological polar surface area (TPSA) is 20.2 Å². The summed E-state index contributed by atoms with van der Waals surface area (Å²) >= 11 is 0. The van der Waals surface area contributed by atoms with Crippen molar-refractivity contribution >= 4 is 0 Å². The third kappa shape index (κ3) is 4.44. The fraction of sp³-hybridized carbons (Fsp3) is 0.400. The fourth-order valence-electron chi connectivity index (χ4n) is 2.77. The van der Waals surface area contributed by atoms with Gasteiger partial charge in [-0.1, -0.05) is 75.4 Å². The van der Waals surface area contributed by atoms with Gasteiger partial charge in [0.25, 0.3) is 0 Å². The van der Waals surface area contributed by atoms with E-state index >= 15 is 0 Å². The molecule has 112 valence electrons. The Hall–Kier alpha value is -1.60. The van der Waals surface area contributed by atoms with Gasteiger partial charge in [-0.15, -0.1) is 0 Å². The summed E-state index contributed by atoms with van der Waals surface area (Å²) in [5.74, 6) is 0. The molecular weight excluding hydrogens is 256 g/mol. The molecule has 0 saturated carbocycles. The third-order valence-corrected chi connectivity index (χ3v) is 3.91. The van der Waals surface area contributed by atoms with Gasteiger partial charge in [-0.05, 0) is 41.4 Å².